The Kier molecular flexibility index (Phi) is 6.07. The number of carbonyl (C=O) groups is 2. The van der Waals surface area contributed by atoms with Gasteiger partial charge in [0.2, 0.25) is 5.91 Å². The molecule has 0 saturated carbocycles. The molecule has 0 aliphatic rings. The minimum Gasteiger partial charge on any atom is -0.324 e. The predicted octanol–water partition coefficient (Wildman–Crippen LogP) is 3.66. The van der Waals surface area contributed by atoms with Gasteiger partial charge in [-0.1, -0.05) is 36.4 Å². The average molecular weight is 391 g/mol. The van der Waals surface area contributed by atoms with Crippen LogP contribution in [0.2, 0.25) is 0 Å². The highest BCUT2D eigenvalue weighted by molar-refractivity contribution is 6.04. The Hall–Kier alpha value is -3.48. The Labute approximate surface area is 170 Å². The van der Waals surface area contributed by atoms with E-state index in [-0.39, 0.29) is 24.1 Å². The summed E-state index contributed by atoms with van der Waals surface area (Å²) in [6.45, 7) is 7.74. The molecule has 150 valence electrons. The van der Waals surface area contributed by atoms with Crippen molar-refractivity contribution in [3.8, 4) is 0 Å². The molecular weight excluding hydrogens is 366 g/mol. The summed E-state index contributed by atoms with van der Waals surface area (Å²) in [4.78, 5) is 25.0. The molecule has 3 rings (SSSR count). The van der Waals surface area contributed by atoms with E-state index >= 15 is 0 Å². The van der Waals surface area contributed by atoms with Crippen molar-refractivity contribution in [2.24, 2.45) is 0 Å². The monoisotopic (exact) mass is 391 g/mol. The molecule has 3 aromatic rings. The third-order valence-corrected chi connectivity index (χ3v) is 4.93. The number of aromatic nitrogens is 3. The van der Waals surface area contributed by atoms with Crippen LogP contribution in [0, 0.1) is 20.8 Å². The summed E-state index contributed by atoms with van der Waals surface area (Å²) in [5, 5.41) is 13.7. The van der Waals surface area contributed by atoms with E-state index in [0.717, 1.165) is 34.5 Å². The summed E-state index contributed by atoms with van der Waals surface area (Å²) < 4.78 is 1.43. The summed E-state index contributed by atoms with van der Waals surface area (Å²) in [6, 6.07) is 13.4. The van der Waals surface area contributed by atoms with Gasteiger partial charge in [-0.2, -0.15) is 0 Å². The van der Waals surface area contributed by atoms with Crippen molar-refractivity contribution in [1.29, 1.82) is 0 Å². The van der Waals surface area contributed by atoms with E-state index < -0.39 is 0 Å². The van der Waals surface area contributed by atoms with E-state index in [2.05, 4.69) is 20.9 Å². The van der Waals surface area contributed by atoms with E-state index in [1.165, 1.54) is 4.68 Å². The van der Waals surface area contributed by atoms with Gasteiger partial charge in [0.1, 0.15) is 6.54 Å². The lowest BCUT2D eigenvalue weighted by atomic mass is 10.1. The number of anilines is 2. The van der Waals surface area contributed by atoms with E-state index in [9.17, 15) is 9.59 Å². The fourth-order valence-electron chi connectivity index (χ4n) is 3.01. The quantitative estimate of drug-likeness (QED) is 0.671. The molecule has 2 amide bonds. The molecular formula is C22H25N5O2. The highest BCUT2D eigenvalue weighted by atomic mass is 16.2. The molecule has 0 aliphatic heterocycles. The summed E-state index contributed by atoms with van der Waals surface area (Å²) in [6.07, 6.45) is 0.806. The molecule has 0 unspecified atom stereocenters. The van der Waals surface area contributed by atoms with Crippen molar-refractivity contribution in [2.45, 2.75) is 40.7 Å². The molecule has 7 nitrogen and oxygen atoms in total. The van der Waals surface area contributed by atoms with Gasteiger partial charge in [0.05, 0.1) is 5.69 Å². The van der Waals surface area contributed by atoms with Gasteiger partial charge < -0.3 is 10.6 Å². The lowest BCUT2D eigenvalue weighted by Gasteiger charge is -2.09. The van der Waals surface area contributed by atoms with Gasteiger partial charge in [0.25, 0.3) is 5.91 Å². The van der Waals surface area contributed by atoms with E-state index in [1.807, 2.05) is 63.2 Å². The molecule has 1 aromatic heterocycles. The number of carbonyl (C=O) groups excluding carboxylic acids is 2. The predicted molar refractivity (Wildman–Crippen MR) is 113 cm³/mol. The fourth-order valence-corrected chi connectivity index (χ4v) is 3.01. The SMILES string of the molecule is CCc1ccccc1NC(=O)c1nnn(CC(=O)Nc2ccc(C)c(C)c2)c1C. The van der Waals surface area contributed by atoms with Crippen LogP contribution in [0.4, 0.5) is 11.4 Å². The number of aryl methyl sites for hydroxylation is 3. The number of nitrogens with zero attached hydrogens (tertiary/aromatic N) is 3. The first kappa shape index (κ1) is 20.3. The molecule has 0 atom stereocenters. The Balaban J connectivity index is 1.69. The molecule has 0 radical (unpaired) electrons. The maximum atomic E-state index is 12.6. The van der Waals surface area contributed by atoms with Crippen molar-refractivity contribution < 1.29 is 9.59 Å². The van der Waals surface area contributed by atoms with Crippen LogP contribution in [-0.2, 0) is 17.8 Å². The molecule has 2 aromatic carbocycles. The van der Waals surface area contributed by atoms with E-state index in [4.69, 9.17) is 0 Å². The van der Waals surface area contributed by atoms with Crippen LogP contribution in [0.5, 0.6) is 0 Å². The zero-order valence-electron chi connectivity index (χ0n) is 17.1. The Morgan fingerprint density at radius 1 is 1.00 bits per heavy atom. The number of nitrogens with one attached hydrogen (secondary N) is 2. The van der Waals surface area contributed by atoms with Gasteiger partial charge in [-0.3, -0.25) is 9.59 Å². The summed E-state index contributed by atoms with van der Waals surface area (Å²) >= 11 is 0. The van der Waals surface area contributed by atoms with Crippen molar-refractivity contribution >= 4 is 23.2 Å². The zero-order chi connectivity index (χ0) is 21.0. The zero-order valence-corrected chi connectivity index (χ0v) is 17.1. The number of hydrogen-bond acceptors (Lipinski definition) is 4. The Morgan fingerprint density at radius 3 is 2.48 bits per heavy atom. The summed E-state index contributed by atoms with van der Waals surface area (Å²) in [5.74, 6) is -0.575. The number of rotatable bonds is 6. The average Bonchev–Trinajstić information content (AvgIpc) is 3.05. The minimum atomic E-state index is -0.343. The molecule has 0 bridgehead atoms. The third kappa shape index (κ3) is 4.68. The van der Waals surface area contributed by atoms with Crippen LogP contribution < -0.4 is 10.6 Å². The van der Waals surface area contributed by atoms with Crippen molar-refractivity contribution in [3.05, 3.63) is 70.5 Å². The lowest BCUT2D eigenvalue weighted by molar-refractivity contribution is -0.117. The maximum Gasteiger partial charge on any atom is 0.278 e. The fraction of sp³-hybridized carbons (Fsp3) is 0.273. The smallest absolute Gasteiger partial charge is 0.278 e. The van der Waals surface area contributed by atoms with Crippen molar-refractivity contribution in [2.75, 3.05) is 10.6 Å². The van der Waals surface area contributed by atoms with Gasteiger partial charge in [0.15, 0.2) is 5.69 Å². The normalized spacial score (nSPS) is 10.6. The number of hydrogen-bond donors (Lipinski definition) is 2. The summed E-state index contributed by atoms with van der Waals surface area (Å²) in [7, 11) is 0. The van der Waals surface area contributed by atoms with Crippen LogP contribution in [0.15, 0.2) is 42.5 Å². The van der Waals surface area contributed by atoms with Gasteiger partial charge in [-0.15, -0.1) is 5.10 Å². The molecule has 0 spiro atoms. The van der Waals surface area contributed by atoms with Gasteiger partial charge in [-0.05, 0) is 62.1 Å². The second-order valence-electron chi connectivity index (χ2n) is 6.99. The highest BCUT2D eigenvalue weighted by Crippen LogP contribution is 2.17. The van der Waals surface area contributed by atoms with Crippen molar-refractivity contribution in [1.82, 2.24) is 15.0 Å². The second kappa shape index (κ2) is 8.68. The molecule has 1 heterocycles. The highest BCUT2D eigenvalue weighted by Gasteiger charge is 2.19. The standard InChI is InChI=1S/C22H25N5O2/c1-5-17-8-6-7-9-19(17)24-22(29)21-16(4)27(26-25-21)13-20(28)23-18-11-10-14(2)15(3)12-18/h6-12H,5,13H2,1-4H3,(H,23,28)(H,24,29). The number of amides is 2. The molecule has 29 heavy (non-hydrogen) atoms. The first-order chi connectivity index (χ1) is 13.9. The van der Waals surface area contributed by atoms with Gasteiger partial charge in [0, 0.05) is 11.4 Å². The molecule has 0 saturated heterocycles. The molecule has 0 aliphatic carbocycles. The maximum absolute atomic E-state index is 12.6. The number of benzene rings is 2. The Morgan fingerprint density at radius 2 is 1.76 bits per heavy atom. The van der Waals surface area contributed by atoms with Crippen LogP contribution >= 0.6 is 0 Å². The van der Waals surface area contributed by atoms with Crippen LogP contribution in [0.1, 0.15) is 39.8 Å². The molecule has 0 fully saturated rings. The Bertz CT molecular complexity index is 1060. The second-order valence-corrected chi connectivity index (χ2v) is 6.99. The minimum absolute atomic E-state index is 0.0232. The van der Waals surface area contributed by atoms with Crippen LogP contribution in [0.25, 0.3) is 0 Å². The van der Waals surface area contributed by atoms with Gasteiger partial charge >= 0.3 is 0 Å². The van der Waals surface area contributed by atoms with E-state index in [0.29, 0.717) is 5.69 Å². The number of para-hydroxylation sites is 1. The largest absolute Gasteiger partial charge is 0.324 e. The van der Waals surface area contributed by atoms with Gasteiger partial charge in [-0.25, -0.2) is 4.68 Å². The summed E-state index contributed by atoms with van der Waals surface area (Å²) in [5.41, 5.74) is 5.52. The topological polar surface area (TPSA) is 88.9 Å². The molecule has 2 N–H and O–H groups in total. The molecule has 7 heteroatoms. The lowest BCUT2D eigenvalue weighted by Crippen LogP contribution is -2.21. The first-order valence-corrected chi connectivity index (χ1v) is 9.55. The first-order valence-electron chi connectivity index (χ1n) is 9.55. The van der Waals surface area contributed by atoms with Crippen molar-refractivity contribution in [3.63, 3.8) is 0 Å². The van der Waals surface area contributed by atoms with Crippen LogP contribution in [0.3, 0.4) is 0 Å². The third-order valence-electron chi connectivity index (χ3n) is 4.93. The van der Waals surface area contributed by atoms with E-state index in [1.54, 1.807) is 6.92 Å². The van der Waals surface area contributed by atoms with Crippen LogP contribution in [-0.4, -0.2) is 26.8 Å².